The third-order valence-electron chi connectivity index (χ3n) is 3.06. The van der Waals surface area contributed by atoms with Gasteiger partial charge >= 0.3 is 0 Å². The zero-order valence-corrected chi connectivity index (χ0v) is 11.9. The Balaban J connectivity index is 1.97. The summed E-state index contributed by atoms with van der Waals surface area (Å²) in [6.45, 7) is 0.854. The summed E-state index contributed by atoms with van der Waals surface area (Å²) in [4.78, 5) is 0. The second-order valence-corrected chi connectivity index (χ2v) is 5.07. The molecule has 3 nitrogen and oxygen atoms in total. The van der Waals surface area contributed by atoms with Gasteiger partial charge in [-0.3, -0.25) is 0 Å². The van der Waals surface area contributed by atoms with Crippen LogP contribution in [0.5, 0.6) is 5.75 Å². The largest absolute Gasteiger partial charge is 0.506 e. The molecule has 2 aromatic rings. The minimum Gasteiger partial charge on any atom is -0.506 e. The molecule has 106 valence electrons. The lowest BCUT2D eigenvalue weighted by molar-refractivity contribution is 0.288. The molecule has 0 saturated heterocycles. The van der Waals surface area contributed by atoms with Crippen LogP contribution in [-0.4, -0.2) is 16.8 Å². The van der Waals surface area contributed by atoms with Crippen molar-refractivity contribution in [1.29, 1.82) is 0 Å². The molecule has 4 heteroatoms. The van der Waals surface area contributed by atoms with E-state index in [9.17, 15) is 5.11 Å². The van der Waals surface area contributed by atoms with Crippen molar-refractivity contribution >= 4 is 17.3 Å². The lowest BCUT2D eigenvalue weighted by Gasteiger charge is -2.09. The standard InChI is InChI=1S/C16H18ClNO2/c17-15-10-13(6-7-16(15)20)11-18-14-5-1-3-12(9-14)4-2-8-19/h1,3,5-7,9-10,18-20H,2,4,8,11H2. The number of anilines is 1. The summed E-state index contributed by atoms with van der Waals surface area (Å²) in [6.07, 6.45) is 1.65. The summed E-state index contributed by atoms with van der Waals surface area (Å²) in [5.41, 5.74) is 3.24. The van der Waals surface area contributed by atoms with Crippen LogP contribution in [0.4, 0.5) is 5.69 Å². The first kappa shape index (κ1) is 14.7. The maximum atomic E-state index is 9.38. The Bertz CT molecular complexity index is 572. The van der Waals surface area contributed by atoms with E-state index in [1.54, 1.807) is 12.1 Å². The van der Waals surface area contributed by atoms with E-state index in [2.05, 4.69) is 17.4 Å². The van der Waals surface area contributed by atoms with Gasteiger partial charge in [0.05, 0.1) is 5.02 Å². The lowest BCUT2D eigenvalue weighted by Crippen LogP contribution is -2.00. The van der Waals surface area contributed by atoms with Gasteiger partial charge in [0.15, 0.2) is 0 Å². The molecule has 0 bridgehead atoms. The third-order valence-corrected chi connectivity index (χ3v) is 3.36. The molecule has 0 amide bonds. The van der Waals surface area contributed by atoms with Crippen LogP contribution in [0.2, 0.25) is 5.02 Å². The van der Waals surface area contributed by atoms with E-state index in [1.807, 2.05) is 18.2 Å². The maximum absolute atomic E-state index is 9.38. The summed E-state index contributed by atoms with van der Waals surface area (Å²) in [5.74, 6) is 0.0985. The van der Waals surface area contributed by atoms with Crippen LogP contribution in [0.1, 0.15) is 17.5 Å². The van der Waals surface area contributed by atoms with Gasteiger partial charge in [-0.25, -0.2) is 0 Å². The molecule has 2 rings (SSSR count). The van der Waals surface area contributed by atoms with Gasteiger partial charge in [0.1, 0.15) is 5.75 Å². The van der Waals surface area contributed by atoms with Crippen LogP contribution < -0.4 is 5.32 Å². The number of benzene rings is 2. The number of aliphatic hydroxyl groups is 1. The second kappa shape index (κ2) is 7.17. The van der Waals surface area contributed by atoms with Crippen molar-refractivity contribution in [2.24, 2.45) is 0 Å². The van der Waals surface area contributed by atoms with Crippen LogP contribution >= 0.6 is 11.6 Å². The van der Waals surface area contributed by atoms with Crippen molar-refractivity contribution in [3.05, 3.63) is 58.6 Å². The summed E-state index contributed by atoms with van der Waals surface area (Å²) in [5, 5.41) is 21.9. The van der Waals surface area contributed by atoms with E-state index in [-0.39, 0.29) is 12.4 Å². The molecule has 0 saturated carbocycles. The third kappa shape index (κ3) is 4.15. The van der Waals surface area contributed by atoms with Gasteiger partial charge in [-0.15, -0.1) is 0 Å². The van der Waals surface area contributed by atoms with Crippen molar-refractivity contribution in [1.82, 2.24) is 0 Å². The molecule has 0 atom stereocenters. The highest BCUT2D eigenvalue weighted by Gasteiger charge is 2.01. The van der Waals surface area contributed by atoms with Crippen molar-refractivity contribution in [2.75, 3.05) is 11.9 Å². The van der Waals surface area contributed by atoms with E-state index >= 15 is 0 Å². The fraction of sp³-hybridized carbons (Fsp3) is 0.250. The predicted molar refractivity (Wildman–Crippen MR) is 82.3 cm³/mol. The molecule has 0 fully saturated rings. The van der Waals surface area contributed by atoms with Crippen molar-refractivity contribution in [2.45, 2.75) is 19.4 Å². The van der Waals surface area contributed by atoms with Crippen LogP contribution in [0.15, 0.2) is 42.5 Å². The number of hydrogen-bond donors (Lipinski definition) is 3. The average Bonchev–Trinajstić information content (AvgIpc) is 2.47. The van der Waals surface area contributed by atoms with E-state index in [4.69, 9.17) is 16.7 Å². The summed E-state index contributed by atoms with van der Waals surface area (Å²) in [6, 6.07) is 13.3. The minimum atomic E-state index is 0.0985. The van der Waals surface area contributed by atoms with Gasteiger partial charge in [-0.2, -0.15) is 0 Å². The van der Waals surface area contributed by atoms with Crippen molar-refractivity contribution < 1.29 is 10.2 Å². The number of halogens is 1. The number of hydrogen-bond acceptors (Lipinski definition) is 3. The van der Waals surface area contributed by atoms with Gasteiger partial charge in [0.2, 0.25) is 0 Å². The molecule has 20 heavy (non-hydrogen) atoms. The molecule has 3 N–H and O–H groups in total. The van der Waals surface area contributed by atoms with E-state index in [0.29, 0.717) is 11.6 Å². The van der Waals surface area contributed by atoms with Crippen LogP contribution in [0.25, 0.3) is 0 Å². The van der Waals surface area contributed by atoms with Gasteiger partial charge in [0.25, 0.3) is 0 Å². The number of phenolic OH excluding ortho intramolecular Hbond substituents is 1. The highest BCUT2D eigenvalue weighted by atomic mass is 35.5. The number of rotatable bonds is 6. The Morgan fingerprint density at radius 3 is 2.65 bits per heavy atom. The average molecular weight is 292 g/mol. The first-order chi connectivity index (χ1) is 9.69. The van der Waals surface area contributed by atoms with E-state index < -0.39 is 0 Å². The van der Waals surface area contributed by atoms with Gasteiger partial charge in [-0.05, 0) is 48.2 Å². The van der Waals surface area contributed by atoms with Crippen LogP contribution in [0, 0.1) is 0 Å². The maximum Gasteiger partial charge on any atom is 0.134 e. The number of aromatic hydroxyl groups is 1. The number of phenols is 1. The molecule has 0 radical (unpaired) electrons. The number of aryl methyl sites for hydroxylation is 1. The molecule has 0 aliphatic carbocycles. The molecule has 0 aliphatic rings. The molecule has 0 aliphatic heterocycles. The molecule has 2 aromatic carbocycles. The molecule has 0 unspecified atom stereocenters. The Kier molecular flexibility index (Phi) is 5.27. The highest BCUT2D eigenvalue weighted by Crippen LogP contribution is 2.24. The molecular weight excluding hydrogens is 274 g/mol. The van der Waals surface area contributed by atoms with Crippen LogP contribution in [0.3, 0.4) is 0 Å². The number of nitrogens with one attached hydrogen (secondary N) is 1. The monoisotopic (exact) mass is 291 g/mol. The van der Waals surface area contributed by atoms with Gasteiger partial charge < -0.3 is 15.5 Å². The first-order valence-corrected chi connectivity index (χ1v) is 6.98. The minimum absolute atomic E-state index is 0.0985. The fourth-order valence-electron chi connectivity index (χ4n) is 1.98. The van der Waals surface area contributed by atoms with Gasteiger partial charge in [0, 0.05) is 18.8 Å². The quantitative estimate of drug-likeness (QED) is 0.762. The summed E-state index contributed by atoms with van der Waals surface area (Å²) >= 11 is 5.88. The van der Waals surface area contributed by atoms with E-state index in [1.165, 1.54) is 5.56 Å². The molecule has 0 spiro atoms. The highest BCUT2D eigenvalue weighted by molar-refractivity contribution is 6.32. The predicted octanol–water partition coefficient (Wildman–Crippen LogP) is 3.58. The van der Waals surface area contributed by atoms with Gasteiger partial charge in [-0.1, -0.05) is 29.8 Å². The Morgan fingerprint density at radius 1 is 1.05 bits per heavy atom. The van der Waals surface area contributed by atoms with E-state index in [0.717, 1.165) is 24.1 Å². The van der Waals surface area contributed by atoms with Crippen molar-refractivity contribution in [3.63, 3.8) is 0 Å². The summed E-state index contributed by atoms with van der Waals surface area (Å²) < 4.78 is 0. The number of aliphatic hydroxyl groups excluding tert-OH is 1. The van der Waals surface area contributed by atoms with Crippen LogP contribution in [-0.2, 0) is 13.0 Å². The summed E-state index contributed by atoms with van der Waals surface area (Å²) in [7, 11) is 0. The Labute approximate surface area is 123 Å². The Morgan fingerprint density at radius 2 is 1.90 bits per heavy atom. The zero-order chi connectivity index (χ0) is 14.4. The molecule has 0 aromatic heterocycles. The molecular formula is C16H18ClNO2. The molecule has 0 heterocycles. The SMILES string of the molecule is OCCCc1cccc(NCc2ccc(O)c(Cl)c2)c1. The topological polar surface area (TPSA) is 52.5 Å². The Hall–Kier alpha value is -1.71. The zero-order valence-electron chi connectivity index (χ0n) is 11.1. The second-order valence-electron chi connectivity index (χ2n) is 4.67. The normalized spacial score (nSPS) is 10.5. The fourth-order valence-corrected chi connectivity index (χ4v) is 2.19. The van der Waals surface area contributed by atoms with Crippen molar-refractivity contribution in [3.8, 4) is 5.75 Å². The first-order valence-electron chi connectivity index (χ1n) is 6.60. The smallest absolute Gasteiger partial charge is 0.134 e. The lowest BCUT2D eigenvalue weighted by atomic mass is 10.1.